The number of hydrogen-bond donors (Lipinski definition) is 1. The Bertz CT molecular complexity index is 341. The van der Waals surface area contributed by atoms with Crippen LogP contribution in [-0.2, 0) is 0 Å². The lowest BCUT2D eigenvalue weighted by molar-refractivity contribution is 0.162. The molecule has 1 saturated carbocycles. The Labute approximate surface area is 131 Å². The molecule has 0 bridgehead atoms. The van der Waals surface area contributed by atoms with Gasteiger partial charge >= 0.3 is 0 Å². The predicted octanol–water partition coefficient (Wildman–Crippen LogP) is 3.56. The SMILES string of the molecule is CCCNC1(C#N)CCCC1CCN1CCC(CC)CC1. The van der Waals surface area contributed by atoms with Crippen molar-refractivity contribution in [2.24, 2.45) is 11.8 Å². The number of nitriles is 1. The van der Waals surface area contributed by atoms with Crippen LogP contribution in [0.4, 0.5) is 0 Å². The van der Waals surface area contributed by atoms with Gasteiger partial charge < -0.3 is 4.90 Å². The van der Waals surface area contributed by atoms with Gasteiger partial charge in [-0.2, -0.15) is 5.26 Å². The number of piperidine rings is 1. The highest BCUT2D eigenvalue weighted by Crippen LogP contribution is 2.38. The van der Waals surface area contributed by atoms with Gasteiger partial charge in [-0.1, -0.05) is 26.7 Å². The molecule has 2 rings (SSSR count). The number of likely N-dealkylation sites (tertiary alicyclic amines) is 1. The Morgan fingerprint density at radius 1 is 1.24 bits per heavy atom. The van der Waals surface area contributed by atoms with Crippen molar-refractivity contribution in [2.45, 2.75) is 70.8 Å². The van der Waals surface area contributed by atoms with Crippen LogP contribution in [0.2, 0.25) is 0 Å². The summed E-state index contributed by atoms with van der Waals surface area (Å²) in [4.78, 5) is 2.63. The molecule has 120 valence electrons. The van der Waals surface area contributed by atoms with Crippen LogP contribution in [0, 0.1) is 23.2 Å². The minimum absolute atomic E-state index is 0.224. The van der Waals surface area contributed by atoms with Gasteiger partial charge in [0.05, 0.1) is 6.07 Å². The fourth-order valence-electron chi connectivity index (χ4n) is 4.19. The summed E-state index contributed by atoms with van der Waals surface area (Å²) in [5.74, 6) is 1.51. The number of nitrogens with zero attached hydrogens (tertiary/aromatic N) is 2. The van der Waals surface area contributed by atoms with Gasteiger partial charge in [-0.3, -0.25) is 5.32 Å². The third kappa shape index (κ3) is 4.20. The predicted molar refractivity (Wildman–Crippen MR) is 88.1 cm³/mol. The maximum absolute atomic E-state index is 9.69. The fourth-order valence-corrected chi connectivity index (χ4v) is 4.19. The van der Waals surface area contributed by atoms with Crippen LogP contribution in [-0.4, -0.2) is 36.6 Å². The molecule has 0 aromatic rings. The van der Waals surface area contributed by atoms with Gasteiger partial charge in [-0.05, 0) is 76.5 Å². The number of hydrogen-bond acceptors (Lipinski definition) is 3. The third-order valence-corrected chi connectivity index (χ3v) is 5.79. The Morgan fingerprint density at radius 3 is 2.62 bits per heavy atom. The average molecular weight is 291 g/mol. The highest BCUT2D eigenvalue weighted by Gasteiger charge is 2.42. The lowest BCUT2D eigenvalue weighted by Gasteiger charge is -2.34. The van der Waals surface area contributed by atoms with Crippen molar-refractivity contribution >= 4 is 0 Å². The molecular weight excluding hydrogens is 258 g/mol. The summed E-state index contributed by atoms with van der Waals surface area (Å²) in [6.07, 6.45) is 9.89. The van der Waals surface area contributed by atoms with E-state index in [1.165, 1.54) is 58.2 Å². The molecule has 1 saturated heterocycles. The largest absolute Gasteiger partial charge is 0.303 e. The quantitative estimate of drug-likeness (QED) is 0.779. The molecule has 3 nitrogen and oxygen atoms in total. The second kappa shape index (κ2) is 8.15. The first kappa shape index (κ1) is 16.8. The van der Waals surface area contributed by atoms with E-state index < -0.39 is 0 Å². The Morgan fingerprint density at radius 2 is 2.00 bits per heavy atom. The van der Waals surface area contributed by atoms with Crippen molar-refractivity contribution in [1.29, 1.82) is 5.26 Å². The molecule has 1 aliphatic heterocycles. The van der Waals surface area contributed by atoms with Gasteiger partial charge in [-0.25, -0.2) is 0 Å². The standard InChI is InChI=1S/C18H33N3/c1-3-11-20-18(15-19)10-5-6-17(18)9-14-21-12-7-16(4-2)8-13-21/h16-17,20H,3-14H2,1-2H3. The Kier molecular flexibility index (Phi) is 6.51. The summed E-state index contributed by atoms with van der Waals surface area (Å²) in [7, 11) is 0. The number of rotatable bonds is 7. The zero-order valence-corrected chi connectivity index (χ0v) is 14.0. The first-order chi connectivity index (χ1) is 10.2. The second-order valence-electron chi connectivity index (χ2n) is 7.08. The van der Waals surface area contributed by atoms with Gasteiger partial charge in [0.15, 0.2) is 0 Å². The topological polar surface area (TPSA) is 39.1 Å². The second-order valence-corrected chi connectivity index (χ2v) is 7.08. The van der Waals surface area contributed by atoms with Gasteiger partial charge in [0.1, 0.15) is 5.54 Å². The Hall–Kier alpha value is -0.590. The van der Waals surface area contributed by atoms with E-state index in [1.807, 2.05) is 0 Å². The molecule has 21 heavy (non-hydrogen) atoms. The van der Waals surface area contributed by atoms with Gasteiger partial charge in [-0.15, -0.1) is 0 Å². The van der Waals surface area contributed by atoms with E-state index >= 15 is 0 Å². The van der Waals surface area contributed by atoms with Crippen LogP contribution in [0.15, 0.2) is 0 Å². The lowest BCUT2D eigenvalue weighted by Crippen LogP contribution is -2.48. The average Bonchev–Trinajstić information content (AvgIpc) is 2.94. The molecule has 1 N–H and O–H groups in total. The summed E-state index contributed by atoms with van der Waals surface area (Å²) >= 11 is 0. The highest BCUT2D eigenvalue weighted by atomic mass is 15.1. The first-order valence-electron chi connectivity index (χ1n) is 9.12. The summed E-state index contributed by atoms with van der Waals surface area (Å²) in [6, 6.07) is 2.64. The van der Waals surface area contributed by atoms with E-state index in [4.69, 9.17) is 0 Å². The summed E-state index contributed by atoms with van der Waals surface area (Å²) in [6.45, 7) is 9.21. The normalized spacial score (nSPS) is 31.4. The molecule has 0 radical (unpaired) electrons. The van der Waals surface area contributed by atoms with Gasteiger partial charge in [0, 0.05) is 0 Å². The van der Waals surface area contributed by atoms with Gasteiger partial charge in [0.2, 0.25) is 0 Å². The molecule has 2 unspecified atom stereocenters. The molecule has 1 aliphatic carbocycles. The molecular formula is C18H33N3. The fraction of sp³-hybridized carbons (Fsp3) is 0.944. The monoisotopic (exact) mass is 291 g/mol. The Balaban J connectivity index is 1.80. The smallest absolute Gasteiger partial charge is 0.109 e. The zero-order chi connectivity index (χ0) is 15.1. The molecule has 0 spiro atoms. The van der Waals surface area contributed by atoms with Crippen LogP contribution in [0.25, 0.3) is 0 Å². The first-order valence-corrected chi connectivity index (χ1v) is 9.12. The minimum Gasteiger partial charge on any atom is -0.303 e. The molecule has 2 fully saturated rings. The molecule has 1 heterocycles. The van der Waals surface area contributed by atoms with E-state index in [0.29, 0.717) is 5.92 Å². The van der Waals surface area contributed by atoms with Crippen molar-refractivity contribution in [3.05, 3.63) is 0 Å². The van der Waals surface area contributed by atoms with Crippen LogP contribution in [0.1, 0.15) is 65.2 Å². The van der Waals surface area contributed by atoms with Crippen LogP contribution in [0.3, 0.4) is 0 Å². The van der Waals surface area contributed by atoms with E-state index in [-0.39, 0.29) is 5.54 Å². The highest BCUT2D eigenvalue weighted by molar-refractivity contribution is 5.14. The van der Waals surface area contributed by atoms with Crippen molar-refractivity contribution in [1.82, 2.24) is 10.2 Å². The molecule has 0 amide bonds. The summed E-state index contributed by atoms with van der Waals surface area (Å²) in [5, 5.41) is 13.3. The van der Waals surface area contributed by atoms with Gasteiger partial charge in [0.25, 0.3) is 0 Å². The maximum atomic E-state index is 9.69. The third-order valence-electron chi connectivity index (χ3n) is 5.79. The zero-order valence-electron chi connectivity index (χ0n) is 14.0. The number of nitrogens with one attached hydrogen (secondary N) is 1. The summed E-state index contributed by atoms with van der Waals surface area (Å²) < 4.78 is 0. The molecule has 2 aliphatic rings. The molecule has 0 aromatic heterocycles. The van der Waals surface area contributed by atoms with Crippen LogP contribution < -0.4 is 5.32 Å². The van der Waals surface area contributed by atoms with Crippen LogP contribution in [0.5, 0.6) is 0 Å². The molecule has 2 atom stereocenters. The van der Waals surface area contributed by atoms with E-state index in [1.54, 1.807) is 0 Å². The maximum Gasteiger partial charge on any atom is 0.109 e. The van der Waals surface area contributed by atoms with E-state index in [2.05, 4.69) is 30.1 Å². The van der Waals surface area contributed by atoms with E-state index in [9.17, 15) is 5.26 Å². The lowest BCUT2D eigenvalue weighted by atomic mass is 9.85. The summed E-state index contributed by atoms with van der Waals surface area (Å²) in [5.41, 5.74) is -0.224. The van der Waals surface area contributed by atoms with Crippen LogP contribution >= 0.6 is 0 Å². The van der Waals surface area contributed by atoms with Crippen molar-refractivity contribution in [3.8, 4) is 6.07 Å². The van der Waals surface area contributed by atoms with Crippen molar-refractivity contribution in [2.75, 3.05) is 26.2 Å². The van der Waals surface area contributed by atoms with E-state index in [0.717, 1.165) is 25.3 Å². The molecule has 3 heteroatoms. The minimum atomic E-state index is -0.224. The van der Waals surface area contributed by atoms with Crippen molar-refractivity contribution < 1.29 is 0 Å². The van der Waals surface area contributed by atoms with Crippen molar-refractivity contribution in [3.63, 3.8) is 0 Å². The molecule has 0 aromatic carbocycles.